The monoisotopic (exact) mass is 844 g/mol. The minimum Gasteiger partial charge on any atom is -0.466 e. The summed E-state index contributed by atoms with van der Waals surface area (Å²) < 4.78 is 5.44. The number of esters is 1. The molecule has 0 spiro atoms. The van der Waals surface area contributed by atoms with Crippen molar-refractivity contribution in [3.8, 4) is 0 Å². The van der Waals surface area contributed by atoms with Crippen molar-refractivity contribution >= 4 is 11.9 Å². The topological polar surface area (TPSA) is 95.9 Å². The van der Waals surface area contributed by atoms with Crippen molar-refractivity contribution in [2.75, 3.05) is 13.2 Å². The van der Waals surface area contributed by atoms with E-state index < -0.39 is 12.1 Å². The minimum atomic E-state index is -0.669. The average Bonchev–Trinajstić information content (AvgIpc) is 3.25. The van der Waals surface area contributed by atoms with Crippen molar-refractivity contribution in [2.45, 2.75) is 283 Å². The van der Waals surface area contributed by atoms with E-state index in [1.54, 1.807) is 0 Å². The van der Waals surface area contributed by atoms with E-state index >= 15 is 0 Å². The van der Waals surface area contributed by atoms with Crippen LogP contribution >= 0.6 is 0 Å². The Kier molecular flexibility index (Phi) is 48.1. The summed E-state index contributed by atoms with van der Waals surface area (Å²) in [5.74, 6) is -0.0700. The molecule has 60 heavy (non-hydrogen) atoms. The van der Waals surface area contributed by atoms with Gasteiger partial charge in [0, 0.05) is 12.8 Å². The lowest BCUT2D eigenvalue weighted by molar-refractivity contribution is -0.143. The number of hydrogen-bond acceptors (Lipinski definition) is 5. The van der Waals surface area contributed by atoms with Crippen LogP contribution in [0.3, 0.4) is 0 Å². The van der Waals surface area contributed by atoms with Crippen LogP contribution in [0.2, 0.25) is 0 Å². The standard InChI is InChI=1S/C54H101NO5/c1-3-5-7-9-11-13-15-16-25-28-32-36-40-44-48-54(59)60-49-45-41-37-33-29-26-23-21-19-17-18-20-22-24-27-31-35-39-43-47-53(58)55-51(50-56)52(57)46-42-38-34-30-14-12-10-8-6-4-2/h15-16,21,23,26,29,51-52,56-57H,3-14,17-20,22,24-25,27-28,30-50H2,1-2H3,(H,55,58)/b16-15-,23-21-,29-26-. The van der Waals surface area contributed by atoms with Gasteiger partial charge in [-0.25, -0.2) is 0 Å². The largest absolute Gasteiger partial charge is 0.466 e. The fraction of sp³-hybridized carbons (Fsp3) is 0.852. The van der Waals surface area contributed by atoms with E-state index in [9.17, 15) is 19.8 Å². The van der Waals surface area contributed by atoms with Crippen molar-refractivity contribution in [1.82, 2.24) is 5.32 Å². The lowest BCUT2D eigenvalue weighted by Crippen LogP contribution is -2.45. The highest BCUT2D eigenvalue weighted by Gasteiger charge is 2.20. The summed E-state index contributed by atoms with van der Waals surface area (Å²) in [6.45, 7) is 4.88. The molecule has 0 saturated heterocycles. The number of carbonyl (C=O) groups is 2. The molecule has 0 aliphatic carbocycles. The Labute approximate surface area is 373 Å². The number of amides is 1. The Morgan fingerprint density at radius 3 is 1.28 bits per heavy atom. The second kappa shape index (κ2) is 49.7. The second-order valence-electron chi connectivity index (χ2n) is 17.9. The van der Waals surface area contributed by atoms with Gasteiger partial charge in [-0.3, -0.25) is 9.59 Å². The summed E-state index contributed by atoms with van der Waals surface area (Å²) in [6, 6.07) is -0.547. The van der Waals surface area contributed by atoms with E-state index in [2.05, 4.69) is 55.6 Å². The SMILES string of the molecule is CCCCCCC/C=C\CCCCCCCC(=O)OCCCCC/C=C\C=C/CCCCCCCCCCCCC(=O)NC(CO)C(O)CCCCCCCCCCCC. The average molecular weight is 844 g/mol. The summed E-state index contributed by atoms with van der Waals surface area (Å²) >= 11 is 0. The number of aliphatic hydroxyl groups excluding tert-OH is 2. The van der Waals surface area contributed by atoms with Crippen LogP contribution < -0.4 is 5.32 Å². The number of ether oxygens (including phenoxy) is 1. The molecule has 0 aromatic heterocycles. The molecule has 0 heterocycles. The van der Waals surface area contributed by atoms with Gasteiger partial charge < -0.3 is 20.3 Å². The minimum absolute atomic E-state index is 0.0226. The fourth-order valence-electron chi connectivity index (χ4n) is 7.86. The number of unbranched alkanes of at least 4 members (excludes halogenated alkanes) is 32. The Balaban J connectivity index is 3.47. The van der Waals surface area contributed by atoms with Gasteiger partial charge >= 0.3 is 5.97 Å². The summed E-state index contributed by atoms with van der Waals surface area (Å²) in [5, 5.41) is 23.1. The molecule has 0 saturated carbocycles. The van der Waals surface area contributed by atoms with E-state index in [-0.39, 0.29) is 18.5 Å². The van der Waals surface area contributed by atoms with Crippen molar-refractivity contribution in [3.05, 3.63) is 36.5 Å². The summed E-state index contributed by atoms with van der Waals surface area (Å²) in [7, 11) is 0. The number of carbonyl (C=O) groups excluding carboxylic acids is 2. The van der Waals surface area contributed by atoms with Gasteiger partial charge in [-0.2, -0.15) is 0 Å². The number of hydrogen-bond donors (Lipinski definition) is 3. The van der Waals surface area contributed by atoms with Crippen LogP contribution in [0, 0.1) is 0 Å². The highest BCUT2D eigenvalue weighted by Crippen LogP contribution is 2.15. The van der Waals surface area contributed by atoms with Crippen LogP contribution in [0.1, 0.15) is 271 Å². The molecule has 6 nitrogen and oxygen atoms in total. The Morgan fingerprint density at radius 1 is 0.467 bits per heavy atom. The van der Waals surface area contributed by atoms with Crippen LogP contribution in [-0.4, -0.2) is 47.4 Å². The van der Waals surface area contributed by atoms with Crippen molar-refractivity contribution in [3.63, 3.8) is 0 Å². The molecule has 0 radical (unpaired) electrons. The van der Waals surface area contributed by atoms with Crippen molar-refractivity contribution in [2.24, 2.45) is 0 Å². The van der Waals surface area contributed by atoms with E-state index in [1.165, 1.54) is 167 Å². The number of allylic oxidation sites excluding steroid dienone is 6. The predicted molar refractivity (Wildman–Crippen MR) is 259 cm³/mol. The first-order valence-electron chi connectivity index (χ1n) is 26.3. The quantitative estimate of drug-likeness (QED) is 0.0245. The molecule has 0 bridgehead atoms. The molecule has 6 heteroatoms. The summed E-state index contributed by atoms with van der Waals surface area (Å²) in [4.78, 5) is 24.4. The van der Waals surface area contributed by atoms with Crippen LogP contribution in [0.15, 0.2) is 36.5 Å². The highest BCUT2D eigenvalue weighted by molar-refractivity contribution is 5.76. The lowest BCUT2D eigenvalue weighted by Gasteiger charge is -2.22. The first kappa shape index (κ1) is 58.1. The third-order valence-corrected chi connectivity index (χ3v) is 11.9. The molecule has 0 rings (SSSR count). The van der Waals surface area contributed by atoms with Gasteiger partial charge in [0.15, 0.2) is 0 Å². The molecule has 0 aromatic rings. The maximum absolute atomic E-state index is 12.4. The normalized spacial score (nSPS) is 12.9. The van der Waals surface area contributed by atoms with Gasteiger partial charge in [0.2, 0.25) is 5.91 Å². The van der Waals surface area contributed by atoms with E-state index in [1.807, 2.05) is 0 Å². The van der Waals surface area contributed by atoms with Gasteiger partial charge in [0.1, 0.15) is 0 Å². The zero-order chi connectivity index (χ0) is 43.7. The lowest BCUT2D eigenvalue weighted by atomic mass is 10.0. The molecule has 0 aliphatic rings. The molecular weight excluding hydrogens is 743 g/mol. The fourth-order valence-corrected chi connectivity index (χ4v) is 7.86. The second-order valence-corrected chi connectivity index (χ2v) is 17.9. The van der Waals surface area contributed by atoms with Crippen LogP contribution in [0.4, 0.5) is 0 Å². The molecule has 0 aliphatic heterocycles. The van der Waals surface area contributed by atoms with Crippen LogP contribution in [0.5, 0.6) is 0 Å². The van der Waals surface area contributed by atoms with Gasteiger partial charge in [-0.15, -0.1) is 0 Å². The molecule has 2 unspecified atom stereocenters. The Bertz CT molecular complexity index is 977. The zero-order valence-corrected chi connectivity index (χ0v) is 39.9. The van der Waals surface area contributed by atoms with E-state index in [0.717, 1.165) is 70.6 Å². The third kappa shape index (κ3) is 45.6. The number of nitrogens with one attached hydrogen (secondary N) is 1. The van der Waals surface area contributed by atoms with Crippen LogP contribution in [-0.2, 0) is 14.3 Å². The molecular formula is C54H101NO5. The number of rotatable bonds is 48. The molecule has 352 valence electrons. The molecule has 0 aromatic carbocycles. The molecule has 3 N–H and O–H groups in total. The molecule has 2 atom stereocenters. The maximum Gasteiger partial charge on any atom is 0.305 e. The van der Waals surface area contributed by atoms with Crippen molar-refractivity contribution < 1.29 is 24.5 Å². The van der Waals surface area contributed by atoms with E-state index in [4.69, 9.17) is 4.74 Å². The molecule has 1 amide bonds. The Morgan fingerprint density at radius 2 is 0.833 bits per heavy atom. The van der Waals surface area contributed by atoms with Crippen LogP contribution in [0.25, 0.3) is 0 Å². The van der Waals surface area contributed by atoms with E-state index in [0.29, 0.717) is 25.9 Å². The third-order valence-electron chi connectivity index (χ3n) is 11.9. The van der Waals surface area contributed by atoms with Gasteiger partial charge in [0.25, 0.3) is 0 Å². The first-order chi connectivity index (χ1) is 29.5. The first-order valence-corrected chi connectivity index (χ1v) is 26.3. The summed E-state index contributed by atoms with van der Waals surface area (Å²) in [5.41, 5.74) is 0. The number of aliphatic hydroxyl groups is 2. The maximum atomic E-state index is 12.4. The molecule has 0 fully saturated rings. The smallest absolute Gasteiger partial charge is 0.305 e. The zero-order valence-electron chi connectivity index (χ0n) is 39.9. The Hall–Kier alpha value is -1.92. The van der Waals surface area contributed by atoms with Gasteiger partial charge in [0.05, 0.1) is 25.4 Å². The highest BCUT2D eigenvalue weighted by atomic mass is 16.5. The predicted octanol–water partition coefficient (Wildman–Crippen LogP) is 15.7. The summed E-state index contributed by atoms with van der Waals surface area (Å²) in [6.07, 6.45) is 59.8. The van der Waals surface area contributed by atoms with Gasteiger partial charge in [-0.1, -0.05) is 211 Å². The van der Waals surface area contributed by atoms with Crippen molar-refractivity contribution in [1.29, 1.82) is 0 Å². The van der Waals surface area contributed by atoms with Gasteiger partial charge in [-0.05, 0) is 83.5 Å².